The topological polar surface area (TPSA) is 117 Å². The summed E-state index contributed by atoms with van der Waals surface area (Å²) in [4.78, 5) is 37.8. The number of aromatic nitrogens is 2. The first-order valence-electron chi connectivity index (χ1n) is 9.87. The SMILES string of the molecule is O=C(CC[C@@H]1NC(=O)N(Cc2ccco2)C1=O)Nc1nnc(C2CCCCC2)s1. The summed E-state index contributed by atoms with van der Waals surface area (Å²) >= 11 is 1.42. The number of furan rings is 1. The lowest BCUT2D eigenvalue weighted by atomic mass is 9.90. The Morgan fingerprint density at radius 2 is 2.10 bits per heavy atom. The third-order valence-electron chi connectivity index (χ3n) is 5.30. The van der Waals surface area contributed by atoms with Crippen molar-refractivity contribution in [2.24, 2.45) is 0 Å². The van der Waals surface area contributed by atoms with E-state index < -0.39 is 12.1 Å². The van der Waals surface area contributed by atoms with Gasteiger partial charge in [0.15, 0.2) is 0 Å². The van der Waals surface area contributed by atoms with Gasteiger partial charge < -0.3 is 15.1 Å². The lowest BCUT2D eigenvalue weighted by Crippen LogP contribution is -2.31. The molecule has 4 rings (SSSR count). The van der Waals surface area contributed by atoms with Gasteiger partial charge in [0.1, 0.15) is 16.8 Å². The minimum atomic E-state index is -0.713. The van der Waals surface area contributed by atoms with Crippen molar-refractivity contribution in [3.05, 3.63) is 29.2 Å². The quantitative estimate of drug-likeness (QED) is 0.669. The molecule has 0 bridgehead atoms. The molecule has 1 aliphatic carbocycles. The average molecular weight is 417 g/mol. The predicted molar refractivity (Wildman–Crippen MR) is 105 cm³/mol. The maximum Gasteiger partial charge on any atom is 0.325 e. The van der Waals surface area contributed by atoms with Crippen LogP contribution in [0, 0.1) is 0 Å². The molecule has 10 heteroatoms. The summed E-state index contributed by atoms with van der Waals surface area (Å²) in [7, 11) is 0. The highest BCUT2D eigenvalue weighted by Crippen LogP contribution is 2.35. The van der Waals surface area contributed by atoms with Gasteiger partial charge >= 0.3 is 6.03 Å². The van der Waals surface area contributed by atoms with E-state index in [1.165, 1.54) is 36.9 Å². The Labute approximate surface area is 171 Å². The van der Waals surface area contributed by atoms with Gasteiger partial charge in [-0.25, -0.2) is 4.79 Å². The van der Waals surface area contributed by atoms with Crippen molar-refractivity contribution in [1.29, 1.82) is 0 Å². The van der Waals surface area contributed by atoms with Crippen molar-refractivity contribution in [1.82, 2.24) is 20.4 Å². The van der Waals surface area contributed by atoms with Crippen LogP contribution < -0.4 is 10.6 Å². The zero-order chi connectivity index (χ0) is 20.2. The van der Waals surface area contributed by atoms with E-state index in [0.29, 0.717) is 16.8 Å². The molecule has 0 spiro atoms. The highest BCUT2D eigenvalue weighted by molar-refractivity contribution is 7.15. The minimum Gasteiger partial charge on any atom is -0.467 e. The summed E-state index contributed by atoms with van der Waals surface area (Å²) < 4.78 is 5.19. The lowest BCUT2D eigenvalue weighted by Gasteiger charge is -2.18. The number of nitrogens with one attached hydrogen (secondary N) is 2. The van der Waals surface area contributed by atoms with Crippen LogP contribution in [0.5, 0.6) is 0 Å². The molecule has 29 heavy (non-hydrogen) atoms. The Morgan fingerprint density at radius 1 is 1.28 bits per heavy atom. The Balaban J connectivity index is 1.26. The van der Waals surface area contributed by atoms with Crippen LogP contribution in [-0.2, 0) is 16.1 Å². The van der Waals surface area contributed by atoms with Gasteiger partial charge in [-0.15, -0.1) is 10.2 Å². The number of imide groups is 1. The molecular weight excluding hydrogens is 394 g/mol. The number of anilines is 1. The van der Waals surface area contributed by atoms with E-state index in [4.69, 9.17) is 4.42 Å². The zero-order valence-electron chi connectivity index (χ0n) is 15.9. The fourth-order valence-electron chi connectivity index (χ4n) is 3.74. The molecule has 9 nitrogen and oxygen atoms in total. The van der Waals surface area contributed by atoms with Crippen LogP contribution in [0.2, 0.25) is 0 Å². The van der Waals surface area contributed by atoms with E-state index in [2.05, 4.69) is 20.8 Å². The molecule has 1 saturated carbocycles. The third kappa shape index (κ3) is 4.64. The number of carbonyl (C=O) groups excluding carboxylic acids is 3. The van der Waals surface area contributed by atoms with Gasteiger partial charge in [0.2, 0.25) is 11.0 Å². The first-order valence-corrected chi connectivity index (χ1v) is 10.7. The lowest BCUT2D eigenvalue weighted by molar-refractivity contribution is -0.128. The van der Waals surface area contributed by atoms with Crippen molar-refractivity contribution in [2.45, 2.75) is 63.5 Å². The van der Waals surface area contributed by atoms with Gasteiger partial charge in [-0.2, -0.15) is 0 Å². The number of carbonyl (C=O) groups is 3. The van der Waals surface area contributed by atoms with Crippen LogP contribution in [0.15, 0.2) is 22.8 Å². The molecule has 2 aromatic heterocycles. The third-order valence-corrected chi connectivity index (χ3v) is 6.30. The summed E-state index contributed by atoms with van der Waals surface area (Å²) in [6, 6.07) is 2.21. The zero-order valence-corrected chi connectivity index (χ0v) is 16.7. The van der Waals surface area contributed by atoms with Gasteiger partial charge in [0.25, 0.3) is 5.91 Å². The van der Waals surface area contributed by atoms with Gasteiger partial charge in [-0.1, -0.05) is 30.6 Å². The Bertz CT molecular complexity index is 875. The molecule has 1 aliphatic heterocycles. The summed E-state index contributed by atoms with van der Waals surface area (Å²) in [5.41, 5.74) is 0. The molecule has 154 valence electrons. The van der Waals surface area contributed by atoms with E-state index in [0.717, 1.165) is 22.7 Å². The maximum absolute atomic E-state index is 12.4. The maximum atomic E-state index is 12.4. The Hall–Kier alpha value is -2.75. The van der Waals surface area contributed by atoms with E-state index >= 15 is 0 Å². The fourth-order valence-corrected chi connectivity index (χ4v) is 4.67. The molecule has 0 unspecified atom stereocenters. The van der Waals surface area contributed by atoms with Crippen LogP contribution in [0.3, 0.4) is 0 Å². The van der Waals surface area contributed by atoms with Crippen LogP contribution in [0.4, 0.5) is 9.93 Å². The van der Waals surface area contributed by atoms with E-state index in [-0.39, 0.29) is 31.2 Å². The molecule has 2 fully saturated rings. The fraction of sp³-hybridized carbons (Fsp3) is 0.526. The Morgan fingerprint density at radius 3 is 2.86 bits per heavy atom. The van der Waals surface area contributed by atoms with Crippen LogP contribution >= 0.6 is 11.3 Å². The van der Waals surface area contributed by atoms with Crippen molar-refractivity contribution >= 4 is 34.3 Å². The molecule has 1 atom stereocenters. The molecule has 2 aliphatic rings. The standard InChI is InChI=1S/C19H23N5O4S/c25-15(21-18-23-22-16(29-18)12-5-2-1-3-6-12)9-8-14-17(26)24(19(27)20-14)11-13-7-4-10-28-13/h4,7,10,12,14H,1-3,5-6,8-9,11H2,(H,20,27)(H,21,23,25)/t14-/m0/s1. The molecule has 0 radical (unpaired) electrons. The molecular formula is C19H23N5O4S. The van der Waals surface area contributed by atoms with E-state index in [1.54, 1.807) is 12.1 Å². The highest BCUT2D eigenvalue weighted by Gasteiger charge is 2.38. The molecule has 2 N–H and O–H groups in total. The molecule has 1 saturated heterocycles. The normalized spacial score (nSPS) is 20.1. The van der Waals surface area contributed by atoms with Crippen molar-refractivity contribution in [2.75, 3.05) is 5.32 Å². The van der Waals surface area contributed by atoms with Gasteiger partial charge in [0.05, 0.1) is 12.8 Å². The second-order valence-corrected chi connectivity index (χ2v) is 8.38. The number of hydrogen-bond acceptors (Lipinski definition) is 7. The van der Waals surface area contributed by atoms with Gasteiger partial charge in [-0.3, -0.25) is 14.5 Å². The summed E-state index contributed by atoms with van der Waals surface area (Å²) in [6.07, 6.45) is 7.76. The first-order chi connectivity index (χ1) is 14.1. The van der Waals surface area contributed by atoms with Crippen LogP contribution in [-0.4, -0.2) is 39.0 Å². The summed E-state index contributed by atoms with van der Waals surface area (Å²) in [5.74, 6) is 0.368. The van der Waals surface area contributed by atoms with Gasteiger partial charge in [0, 0.05) is 12.3 Å². The second-order valence-electron chi connectivity index (χ2n) is 7.37. The highest BCUT2D eigenvalue weighted by atomic mass is 32.1. The smallest absolute Gasteiger partial charge is 0.325 e. The minimum absolute atomic E-state index is 0.0785. The van der Waals surface area contributed by atoms with Crippen molar-refractivity contribution in [3.63, 3.8) is 0 Å². The summed E-state index contributed by atoms with van der Waals surface area (Å²) in [6.45, 7) is 0.0785. The van der Waals surface area contributed by atoms with Crippen LogP contribution in [0.25, 0.3) is 0 Å². The van der Waals surface area contributed by atoms with Crippen molar-refractivity contribution < 1.29 is 18.8 Å². The number of hydrogen-bond donors (Lipinski definition) is 2. The number of amides is 4. The monoisotopic (exact) mass is 417 g/mol. The molecule has 4 amide bonds. The number of nitrogens with zero attached hydrogens (tertiary/aromatic N) is 3. The predicted octanol–water partition coefficient (Wildman–Crippen LogP) is 3.02. The first kappa shape index (κ1) is 19.6. The molecule has 3 heterocycles. The van der Waals surface area contributed by atoms with E-state index in [1.807, 2.05) is 0 Å². The van der Waals surface area contributed by atoms with Crippen molar-refractivity contribution in [3.8, 4) is 0 Å². The molecule has 0 aromatic carbocycles. The molecule has 2 aromatic rings. The average Bonchev–Trinajstić information content (AvgIpc) is 3.46. The summed E-state index contributed by atoms with van der Waals surface area (Å²) in [5, 5.41) is 15.1. The number of rotatable bonds is 7. The van der Waals surface area contributed by atoms with Crippen LogP contribution in [0.1, 0.15) is 61.6 Å². The second kappa shape index (κ2) is 8.73. The van der Waals surface area contributed by atoms with E-state index in [9.17, 15) is 14.4 Å². The Kier molecular flexibility index (Phi) is 5.89. The van der Waals surface area contributed by atoms with Gasteiger partial charge in [-0.05, 0) is 31.4 Å². The largest absolute Gasteiger partial charge is 0.467 e. The number of urea groups is 1.